The summed E-state index contributed by atoms with van der Waals surface area (Å²) in [5.74, 6) is -1.30. The lowest BCUT2D eigenvalue weighted by molar-refractivity contribution is -0.152. The molecule has 10 nitrogen and oxygen atoms in total. The van der Waals surface area contributed by atoms with Crippen LogP contribution in [-0.2, 0) is 23.9 Å². The number of imide groups is 1. The zero-order chi connectivity index (χ0) is 20.1. The molecule has 2 aliphatic rings. The summed E-state index contributed by atoms with van der Waals surface area (Å²) in [5.41, 5.74) is 0.588. The molecule has 1 N–H and O–H groups in total. The van der Waals surface area contributed by atoms with Gasteiger partial charge in [0.05, 0.1) is 12.5 Å². The number of hydrogen-bond donors (Lipinski definition) is 1. The maximum atomic E-state index is 12.3. The lowest BCUT2D eigenvalue weighted by Gasteiger charge is -2.22. The summed E-state index contributed by atoms with van der Waals surface area (Å²) in [4.78, 5) is 48.6. The van der Waals surface area contributed by atoms with Gasteiger partial charge in [-0.25, -0.2) is 4.79 Å². The summed E-state index contributed by atoms with van der Waals surface area (Å²) >= 11 is 0. The number of alkyl carbamates (subject to hydrolysis) is 1. The molecule has 0 radical (unpaired) electrons. The molecule has 1 saturated heterocycles. The highest BCUT2D eigenvalue weighted by Crippen LogP contribution is 2.36. The van der Waals surface area contributed by atoms with E-state index < -0.39 is 30.5 Å². The first-order chi connectivity index (χ1) is 13.5. The molecule has 1 aromatic rings. The molecule has 2 heterocycles. The normalized spacial score (nSPS) is 17.8. The van der Waals surface area contributed by atoms with Crippen LogP contribution in [0.25, 0.3) is 0 Å². The van der Waals surface area contributed by atoms with Crippen LogP contribution in [0.2, 0.25) is 0 Å². The molecule has 0 aliphatic carbocycles. The van der Waals surface area contributed by atoms with E-state index in [4.69, 9.17) is 14.2 Å². The third kappa shape index (κ3) is 4.51. The number of carbonyl (C=O) groups excluding carboxylic acids is 4. The quantitative estimate of drug-likeness (QED) is 0.725. The van der Waals surface area contributed by atoms with Crippen LogP contribution in [0.3, 0.4) is 0 Å². The Bertz CT molecular complexity index is 794. The summed E-state index contributed by atoms with van der Waals surface area (Å²) in [6.07, 6.45) is -0.948. The molecule has 10 heteroatoms. The Labute approximate surface area is 160 Å². The molecule has 150 valence electrons. The number of fused-ring (bicyclic) bond motifs is 1. The Morgan fingerprint density at radius 1 is 1.18 bits per heavy atom. The van der Waals surface area contributed by atoms with Crippen LogP contribution >= 0.6 is 0 Å². The van der Waals surface area contributed by atoms with Gasteiger partial charge in [0.2, 0.25) is 5.91 Å². The van der Waals surface area contributed by atoms with Crippen molar-refractivity contribution >= 4 is 29.6 Å². The van der Waals surface area contributed by atoms with E-state index in [9.17, 15) is 19.2 Å². The van der Waals surface area contributed by atoms with Crippen molar-refractivity contribution in [3.63, 3.8) is 0 Å². The molecule has 0 bridgehead atoms. The minimum atomic E-state index is -0.913. The molecule has 2 aliphatic heterocycles. The largest absolute Gasteiger partial charge is 0.486 e. The first kappa shape index (κ1) is 19.5. The van der Waals surface area contributed by atoms with Gasteiger partial charge >= 0.3 is 12.1 Å². The lowest BCUT2D eigenvalue weighted by Crippen LogP contribution is -2.35. The third-order valence-corrected chi connectivity index (χ3v) is 4.16. The second-order valence-electron chi connectivity index (χ2n) is 6.11. The molecule has 3 amide bonds. The van der Waals surface area contributed by atoms with E-state index in [1.54, 1.807) is 25.1 Å². The fourth-order valence-electron chi connectivity index (χ4n) is 2.89. The highest BCUT2D eigenvalue weighted by molar-refractivity contribution is 6.00. The van der Waals surface area contributed by atoms with Crippen molar-refractivity contribution in [2.45, 2.75) is 13.3 Å². The standard InChI is InChI=1S/C18H20N2O8/c1-2-25-18(24)19-15(21)10-28-17(23)11-7-16(22)20(9-11)12-3-4-13-14(8-12)27-6-5-26-13/h3-4,8,11H,2,5-7,9-10H2,1H3,(H,19,21,24). The van der Waals surface area contributed by atoms with Crippen molar-refractivity contribution in [2.75, 3.05) is 37.9 Å². The molecule has 0 saturated carbocycles. The van der Waals surface area contributed by atoms with Gasteiger partial charge in [0.15, 0.2) is 18.1 Å². The maximum absolute atomic E-state index is 12.3. The van der Waals surface area contributed by atoms with Crippen LogP contribution in [0.15, 0.2) is 18.2 Å². The van der Waals surface area contributed by atoms with Crippen LogP contribution in [0, 0.1) is 5.92 Å². The Morgan fingerprint density at radius 2 is 1.93 bits per heavy atom. The maximum Gasteiger partial charge on any atom is 0.413 e. The summed E-state index contributed by atoms with van der Waals surface area (Å²) in [6.45, 7) is 2.08. The second kappa shape index (κ2) is 8.59. The average Bonchev–Trinajstić information content (AvgIpc) is 3.07. The number of amides is 3. The van der Waals surface area contributed by atoms with Crippen LogP contribution in [0.4, 0.5) is 10.5 Å². The second-order valence-corrected chi connectivity index (χ2v) is 6.11. The van der Waals surface area contributed by atoms with Crippen molar-refractivity contribution < 1.29 is 38.1 Å². The summed E-state index contributed by atoms with van der Waals surface area (Å²) in [5, 5.41) is 1.92. The SMILES string of the molecule is CCOC(=O)NC(=O)COC(=O)C1CC(=O)N(c2ccc3c(c2)OCCO3)C1. The molecular weight excluding hydrogens is 372 g/mol. The van der Waals surface area contributed by atoms with E-state index in [0.717, 1.165) is 0 Å². The number of ether oxygens (including phenoxy) is 4. The molecule has 0 aromatic heterocycles. The van der Waals surface area contributed by atoms with Crippen LogP contribution in [-0.4, -0.2) is 56.8 Å². The van der Waals surface area contributed by atoms with E-state index in [1.165, 1.54) is 4.90 Å². The smallest absolute Gasteiger partial charge is 0.413 e. The number of carbonyl (C=O) groups is 4. The molecule has 28 heavy (non-hydrogen) atoms. The van der Waals surface area contributed by atoms with E-state index in [-0.39, 0.29) is 25.5 Å². The van der Waals surface area contributed by atoms with Crippen LogP contribution in [0.5, 0.6) is 11.5 Å². The van der Waals surface area contributed by atoms with Crippen molar-refractivity contribution in [1.82, 2.24) is 5.32 Å². The predicted octanol–water partition coefficient (Wildman–Crippen LogP) is 0.627. The van der Waals surface area contributed by atoms with Gasteiger partial charge in [-0.3, -0.25) is 19.7 Å². The molecule has 1 unspecified atom stereocenters. The minimum absolute atomic E-state index is 0.0349. The minimum Gasteiger partial charge on any atom is -0.486 e. The molecule has 1 atom stereocenters. The first-order valence-corrected chi connectivity index (χ1v) is 8.81. The van der Waals surface area contributed by atoms with Crippen molar-refractivity contribution in [2.24, 2.45) is 5.92 Å². The van der Waals surface area contributed by atoms with E-state index in [0.29, 0.717) is 30.4 Å². The van der Waals surface area contributed by atoms with Crippen molar-refractivity contribution in [3.05, 3.63) is 18.2 Å². The number of hydrogen-bond acceptors (Lipinski definition) is 8. The molecule has 3 rings (SSSR count). The van der Waals surface area contributed by atoms with Crippen molar-refractivity contribution in [1.29, 1.82) is 0 Å². The molecule has 1 aromatic carbocycles. The van der Waals surface area contributed by atoms with Gasteiger partial charge in [-0.05, 0) is 19.1 Å². The Balaban J connectivity index is 1.54. The topological polar surface area (TPSA) is 120 Å². The van der Waals surface area contributed by atoms with Gasteiger partial charge < -0.3 is 23.8 Å². The van der Waals surface area contributed by atoms with Crippen LogP contribution < -0.4 is 19.7 Å². The number of nitrogens with zero attached hydrogens (tertiary/aromatic N) is 1. The monoisotopic (exact) mass is 392 g/mol. The summed E-state index contributed by atoms with van der Waals surface area (Å²) in [7, 11) is 0. The van der Waals surface area contributed by atoms with Crippen molar-refractivity contribution in [3.8, 4) is 11.5 Å². The highest BCUT2D eigenvalue weighted by Gasteiger charge is 2.36. The van der Waals surface area contributed by atoms with Gasteiger partial charge in [0.25, 0.3) is 5.91 Å². The number of rotatable bonds is 5. The fourth-order valence-corrected chi connectivity index (χ4v) is 2.89. The van der Waals surface area contributed by atoms with E-state index in [2.05, 4.69) is 4.74 Å². The van der Waals surface area contributed by atoms with E-state index >= 15 is 0 Å². The fraction of sp³-hybridized carbons (Fsp3) is 0.444. The number of benzene rings is 1. The van der Waals surface area contributed by atoms with Gasteiger partial charge in [-0.15, -0.1) is 0 Å². The zero-order valence-corrected chi connectivity index (χ0v) is 15.3. The van der Waals surface area contributed by atoms with Gasteiger partial charge in [0, 0.05) is 24.7 Å². The number of nitrogens with one attached hydrogen (secondary N) is 1. The predicted molar refractivity (Wildman–Crippen MR) is 94.0 cm³/mol. The molecule has 1 fully saturated rings. The summed E-state index contributed by atoms with van der Waals surface area (Å²) < 4.78 is 20.4. The first-order valence-electron chi connectivity index (χ1n) is 8.81. The number of anilines is 1. The highest BCUT2D eigenvalue weighted by atomic mass is 16.6. The lowest BCUT2D eigenvalue weighted by atomic mass is 10.1. The molecule has 0 spiro atoms. The van der Waals surface area contributed by atoms with Gasteiger partial charge in [-0.2, -0.15) is 0 Å². The van der Waals surface area contributed by atoms with Gasteiger partial charge in [-0.1, -0.05) is 0 Å². The van der Waals surface area contributed by atoms with Gasteiger partial charge in [0.1, 0.15) is 13.2 Å². The van der Waals surface area contributed by atoms with E-state index in [1.807, 2.05) is 5.32 Å². The Kier molecular flexibility index (Phi) is 5.97. The third-order valence-electron chi connectivity index (χ3n) is 4.16. The Hall–Kier alpha value is -3.30. The summed E-state index contributed by atoms with van der Waals surface area (Å²) in [6, 6.07) is 5.11. The Morgan fingerprint density at radius 3 is 2.68 bits per heavy atom. The van der Waals surface area contributed by atoms with Crippen LogP contribution in [0.1, 0.15) is 13.3 Å². The number of esters is 1. The molecular formula is C18H20N2O8. The average molecular weight is 392 g/mol. The zero-order valence-electron chi connectivity index (χ0n) is 15.3.